The van der Waals surface area contributed by atoms with E-state index in [-0.39, 0.29) is 11.8 Å². The Kier molecular flexibility index (Phi) is 6.05. The number of nitrogens with zero attached hydrogens (tertiary/aromatic N) is 1. The number of likely N-dealkylation sites (tertiary alicyclic amines) is 1. The van der Waals surface area contributed by atoms with Gasteiger partial charge in [0.1, 0.15) is 0 Å². The van der Waals surface area contributed by atoms with Crippen LogP contribution < -0.4 is 5.32 Å². The molecule has 1 aromatic heterocycles. The smallest absolute Gasteiger partial charge is 0.227 e. The van der Waals surface area contributed by atoms with Crippen LogP contribution >= 0.6 is 0 Å². The number of fused-ring (bicyclic) bond motifs is 2. The van der Waals surface area contributed by atoms with Gasteiger partial charge in [0, 0.05) is 35.2 Å². The van der Waals surface area contributed by atoms with E-state index < -0.39 is 0 Å². The molecular formula is C28H35N3O. The second kappa shape index (κ2) is 9.11. The van der Waals surface area contributed by atoms with Gasteiger partial charge in [-0.05, 0) is 106 Å². The molecule has 32 heavy (non-hydrogen) atoms. The van der Waals surface area contributed by atoms with Crippen LogP contribution in [0, 0.1) is 25.7 Å². The maximum atomic E-state index is 12.9. The summed E-state index contributed by atoms with van der Waals surface area (Å²) in [5.74, 6) is 1.01. The van der Waals surface area contributed by atoms with Crippen molar-refractivity contribution >= 4 is 22.5 Å². The summed E-state index contributed by atoms with van der Waals surface area (Å²) in [6.07, 6.45) is 8.70. The number of carbonyl (C=O) groups excluding carboxylic acids is 1. The lowest BCUT2D eigenvalue weighted by atomic mass is 9.89. The molecule has 3 heterocycles. The highest BCUT2D eigenvalue weighted by Crippen LogP contribution is 2.32. The zero-order valence-corrected chi connectivity index (χ0v) is 19.4. The molecule has 2 aromatic carbocycles. The number of nitrogens with one attached hydrogen (secondary N) is 2. The molecule has 5 rings (SSSR count). The van der Waals surface area contributed by atoms with Crippen LogP contribution in [-0.2, 0) is 17.6 Å². The monoisotopic (exact) mass is 429 g/mol. The van der Waals surface area contributed by atoms with Crippen LogP contribution in [0.3, 0.4) is 0 Å². The number of benzene rings is 2. The van der Waals surface area contributed by atoms with Gasteiger partial charge >= 0.3 is 0 Å². The minimum absolute atomic E-state index is 0.138. The van der Waals surface area contributed by atoms with Gasteiger partial charge in [-0.15, -0.1) is 0 Å². The van der Waals surface area contributed by atoms with E-state index in [0.29, 0.717) is 5.92 Å². The van der Waals surface area contributed by atoms with Crippen LogP contribution in [0.2, 0.25) is 0 Å². The molecule has 4 heteroatoms. The van der Waals surface area contributed by atoms with Gasteiger partial charge < -0.3 is 15.2 Å². The first-order valence-corrected chi connectivity index (χ1v) is 12.2. The lowest BCUT2D eigenvalue weighted by Crippen LogP contribution is -2.26. The number of carbonyl (C=O) groups is 1. The summed E-state index contributed by atoms with van der Waals surface area (Å²) in [4.78, 5) is 18.9. The van der Waals surface area contributed by atoms with Gasteiger partial charge in [0.05, 0.1) is 0 Å². The van der Waals surface area contributed by atoms with Crippen molar-refractivity contribution in [1.29, 1.82) is 0 Å². The Labute approximate surface area is 191 Å². The minimum Gasteiger partial charge on any atom is -0.361 e. The topological polar surface area (TPSA) is 48.1 Å². The number of anilines is 1. The predicted octanol–water partition coefficient (Wildman–Crippen LogP) is 5.63. The third-order valence-corrected chi connectivity index (χ3v) is 7.69. The number of para-hydroxylation sites is 1. The number of amides is 1. The molecule has 0 spiro atoms. The van der Waals surface area contributed by atoms with Crippen molar-refractivity contribution in [2.24, 2.45) is 11.8 Å². The average molecular weight is 430 g/mol. The van der Waals surface area contributed by atoms with Crippen molar-refractivity contribution in [2.45, 2.75) is 52.4 Å². The molecule has 2 N–H and O–H groups in total. The summed E-state index contributed by atoms with van der Waals surface area (Å²) in [6, 6.07) is 13.0. The van der Waals surface area contributed by atoms with Gasteiger partial charge in [0.2, 0.25) is 5.91 Å². The summed E-state index contributed by atoms with van der Waals surface area (Å²) in [5.41, 5.74) is 7.56. The van der Waals surface area contributed by atoms with Crippen LogP contribution in [-0.4, -0.2) is 35.4 Å². The van der Waals surface area contributed by atoms with Gasteiger partial charge in [0.15, 0.2) is 0 Å². The highest BCUT2D eigenvalue weighted by Gasteiger charge is 2.30. The molecule has 2 atom stereocenters. The van der Waals surface area contributed by atoms with Crippen molar-refractivity contribution in [3.05, 3.63) is 64.8 Å². The van der Waals surface area contributed by atoms with Crippen molar-refractivity contribution in [2.75, 3.05) is 25.0 Å². The first-order chi connectivity index (χ1) is 15.6. The minimum atomic E-state index is 0.138. The lowest BCUT2D eigenvalue weighted by Gasteiger charge is -2.19. The van der Waals surface area contributed by atoms with E-state index in [1.807, 2.05) is 0 Å². The summed E-state index contributed by atoms with van der Waals surface area (Å²) in [6.45, 7) is 7.74. The highest BCUT2D eigenvalue weighted by atomic mass is 16.1. The maximum absolute atomic E-state index is 12.9. The molecule has 168 valence electrons. The van der Waals surface area contributed by atoms with Crippen molar-refractivity contribution in [3.63, 3.8) is 0 Å². The van der Waals surface area contributed by atoms with Crippen molar-refractivity contribution in [1.82, 2.24) is 9.88 Å². The number of hydrogen-bond donors (Lipinski definition) is 2. The molecule has 2 aliphatic heterocycles. The Balaban J connectivity index is 1.11. The van der Waals surface area contributed by atoms with E-state index in [1.54, 1.807) is 0 Å². The first-order valence-electron chi connectivity index (χ1n) is 12.2. The van der Waals surface area contributed by atoms with Gasteiger partial charge in [0.25, 0.3) is 0 Å². The summed E-state index contributed by atoms with van der Waals surface area (Å²) in [7, 11) is 0. The zero-order valence-electron chi connectivity index (χ0n) is 19.4. The van der Waals surface area contributed by atoms with Gasteiger partial charge in [-0.2, -0.15) is 0 Å². The number of aromatic nitrogens is 1. The third-order valence-electron chi connectivity index (χ3n) is 7.69. The maximum Gasteiger partial charge on any atom is 0.227 e. The molecule has 1 fully saturated rings. The molecule has 0 saturated carbocycles. The molecule has 4 nitrogen and oxygen atoms in total. The zero-order chi connectivity index (χ0) is 22.1. The van der Waals surface area contributed by atoms with Gasteiger partial charge in [-0.25, -0.2) is 0 Å². The molecule has 0 bridgehead atoms. The van der Waals surface area contributed by atoms with Crippen LogP contribution in [0.25, 0.3) is 10.9 Å². The molecule has 3 aromatic rings. The fourth-order valence-electron chi connectivity index (χ4n) is 5.66. The molecule has 2 aliphatic rings. The molecule has 2 unspecified atom stereocenters. The molecule has 1 amide bonds. The Morgan fingerprint density at radius 1 is 1.09 bits per heavy atom. The second-order valence-electron chi connectivity index (χ2n) is 9.97. The summed E-state index contributed by atoms with van der Waals surface area (Å²) >= 11 is 0. The van der Waals surface area contributed by atoms with Gasteiger partial charge in [-0.1, -0.05) is 24.3 Å². The van der Waals surface area contributed by atoms with E-state index in [0.717, 1.165) is 44.5 Å². The van der Waals surface area contributed by atoms with E-state index in [9.17, 15) is 4.79 Å². The number of aryl methyl sites for hydroxylation is 4. The van der Waals surface area contributed by atoms with E-state index in [1.165, 1.54) is 52.5 Å². The Morgan fingerprint density at radius 2 is 1.94 bits per heavy atom. The second-order valence-corrected chi connectivity index (χ2v) is 9.97. The predicted molar refractivity (Wildman–Crippen MR) is 132 cm³/mol. The van der Waals surface area contributed by atoms with Crippen LogP contribution in [0.15, 0.2) is 42.6 Å². The van der Waals surface area contributed by atoms with Crippen molar-refractivity contribution < 1.29 is 4.79 Å². The lowest BCUT2D eigenvalue weighted by molar-refractivity contribution is -0.120. The fraction of sp³-hybridized carbons (Fsp3) is 0.464. The number of H-pyrrole nitrogens is 1. The summed E-state index contributed by atoms with van der Waals surface area (Å²) < 4.78 is 0. The third kappa shape index (κ3) is 4.47. The Morgan fingerprint density at radius 3 is 2.84 bits per heavy atom. The average Bonchev–Trinajstić information content (AvgIpc) is 3.37. The first kappa shape index (κ1) is 21.3. The highest BCUT2D eigenvalue weighted by molar-refractivity contribution is 5.94. The Hall–Kier alpha value is -2.59. The Bertz CT molecular complexity index is 1120. The number of aromatic amines is 1. The van der Waals surface area contributed by atoms with Gasteiger partial charge in [-0.3, -0.25) is 4.79 Å². The normalized spacial score (nSPS) is 21.5. The van der Waals surface area contributed by atoms with Crippen LogP contribution in [0.1, 0.15) is 47.9 Å². The number of rotatable bonds is 6. The molecule has 0 radical (unpaired) electrons. The van der Waals surface area contributed by atoms with Crippen LogP contribution in [0.4, 0.5) is 5.69 Å². The standard InChI is InChI=1S/C28H35N3O/c1-19-14-22-9-10-23(28(32)30-27(22)15-20(19)2)16-21-11-13-31(18-21)12-5-6-24-17-29-26-8-4-3-7-25(24)26/h3-4,7-8,14-15,17,21,23,29H,5-6,9-13,16,18H2,1-2H3,(H,30,32). The largest absolute Gasteiger partial charge is 0.361 e. The van der Waals surface area contributed by atoms with Crippen molar-refractivity contribution in [3.8, 4) is 0 Å². The molecule has 0 aliphatic carbocycles. The summed E-state index contributed by atoms with van der Waals surface area (Å²) in [5, 5.41) is 4.59. The van der Waals surface area contributed by atoms with E-state index in [2.05, 4.69) is 71.6 Å². The molecule has 1 saturated heterocycles. The number of hydrogen-bond acceptors (Lipinski definition) is 2. The molecular weight excluding hydrogens is 394 g/mol. The quantitative estimate of drug-likeness (QED) is 0.533. The van der Waals surface area contributed by atoms with Crippen LogP contribution in [0.5, 0.6) is 0 Å². The van der Waals surface area contributed by atoms with E-state index in [4.69, 9.17) is 0 Å². The SMILES string of the molecule is Cc1cc2c(cc1C)NC(=O)C(CC1CCN(CCCc3c[nH]c4ccccc34)C1)CC2. The fourth-order valence-corrected chi connectivity index (χ4v) is 5.66. The van der Waals surface area contributed by atoms with E-state index >= 15 is 0 Å².